The third-order valence-corrected chi connectivity index (χ3v) is 5.23. The molecule has 0 bridgehead atoms. The maximum absolute atomic E-state index is 10.8. The van der Waals surface area contributed by atoms with Crippen LogP contribution in [0.15, 0.2) is 0 Å². The molecule has 15 heavy (non-hydrogen) atoms. The van der Waals surface area contributed by atoms with Crippen molar-refractivity contribution in [3.05, 3.63) is 0 Å². The summed E-state index contributed by atoms with van der Waals surface area (Å²) < 4.78 is 26.2. The van der Waals surface area contributed by atoms with E-state index in [-0.39, 0.29) is 0 Å². The maximum atomic E-state index is 10.8. The predicted molar refractivity (Wildman–Crippen MR) is 50.1 cm³/mol. The Labute approximate surface area is 86.2 Å². The minimum absolute atomic E-state index is 0.533. The molecule has 0 spiro atoms. The van der Waals surface area contributed by atoms with Gasteiger partial charge in [-0.05, 0) is 13.8 Å². The second-order valence-corrected chi connectivity index (χ2v) is 7.23. The van der Waals surface area contributed by atoms with Crippen molar-refractivity contribution in [1.82, 2.24) is 0 Å². The Kier molecular flexibility index (Phi) is 4.68. The van der Waals surface area contributed by atoms with Gasteiger partial charge in [-0.15, -0.1) is 0 Å². The van der Waals surface area contributed by atoms with Gasteiger partial charge in [0.1, 0.15) is 0 Å². The van der Waals surface area contributed by atoms with Crippen molar-refractivity contribution in [2.24, 2.45) is 0 Å². The summed E-state index contributed by atoms with van der Waals surface area (Å²) in [6, 6.07) is 0. The van der Waals surface area contributed by atoms with Crippen molar-refractivity contribution >= 4 is 15.2 Å². The number of ether oxygens (including phenoxy) is 1. The molecule has 0 aliphatic heterocycles. The Morgan fingerprint density at radius 3 is 1.67 bits per heavy atom. The molecule has 10 heteroatoms. The lowest BCUT2D eigenvalue weighted by molar-refractivity contribution is -0.00178. The van der Waals surface area contributed by atoms with Crippen LogP contribution in [-0.2, 0) is 13.9 Å². The molecule has 0 amide bonds. The molecule has 0 aliphatic rings. The predicted octanol–water partition coefficient (Wildman–Crippen LogP) is -0.587. The number of rotatable bonds is 5. The normalized spacial score (nSPS) is 14.7. The second kappa shape index (κ2) is 4.61. The van der Waals surface area contributed by atoms with E-state index in [1.54, 1.807) is 0 Å². The van der Waals surface area contributed by atoms with E-state index in [1.165, 1.54) is 13.8 Å². The van der Waals surface area contributed by atoms with Gasteiger partial charge >= 0.3 is 15.2 Å². The molecule has 0 radical (unpaired) electrons. The molecular formula is C5H14O8P2. The van der Waals surface area contributed by atoms with Crippen molar-refractivity contribution in [2.75, 3.05) is 6.61 Å². The van der Waals surface area contributed by atoms with Gasteiger partial charge in [-0.3, -0.25) is 9.13 Å². The van der Waals surface area contributed by atoms with E-state index < -0.39 is 33.0 Å². The zero-order valence-electron chi connectivity index (χ0n) is 8.14. The Bertz CT molecular complexity index is 278. The fourth-order valence-electron chi connectivity index (χ4n) is 0.616. The van der Waals surface area contributed by atoms with E-state index in [2.05, 4.69) is 4.74 Å². The zero-order chi connectivity index (χ0) is 12.5. The van der Waals surface area contributed by atoms with Crippen LogP contribution in [0.5, 0.6) is 0 Å². The average Bonchev–Trinajstić information content (AvgIpc) is 1.95. The Hall–Kier alpha value is 0.220. The van der Waals surface area contributed by atoms with Crippen LogP contribution in [-0.4, -0.2) is 42.5 Å². The summed E-state index contributed by atoms with van der Waals surface area (Å²) in [5.41, 5.74) is 0. The van der Waals surface area contributed by atoms with Crippen LogP contribution in [0.25, 0.3) is 0 Å². The van der Waals surface area contributed by atoms with Gasteiger partial charge in [0.15, 0.2) is 0 Å². The number of aliphatic hydroxyl groups is 1. The van der Waals surface area contributed by atoms with E-state index in [4.69, 9.17) is 19.6 Å². The molecular weight excluding hydrogens is 250 g/mol. The molecule has 0 aromatic carbocycles. The molecule has 0 saturated carbocycles. The van der Waals surface area contributed by atoms with Crippen LogP contribution in [0.1, 0.15) is 13.8 Å². The fraction of sp³-hybridized carbons (Fsp3) is 1.00. The molecule has 0 fully saturated rings. The van der Waals surface area contributed by atoms with Gasteiger partial charge in [0.2, 0.25) is 0 Å². The lowest BCUT2D eigenvalue weighted by Gasteiger charge is -2.29. The molecule has 0 unspecified atom stereocenters. The van der Waals surface area contributed by atoms with E-state index in [9.17, 15) is 14.2 Å². The van der Waals surface area contributed by atoms with Crippen LogP contribution in [0.2, 0.25) is 0 Å². The summed E-state index contributed by atoms with van der Waals surface area (Å²) in [5.74, 6) is 0. The van der Waals surface area contributed by atoms with Crippen molar-refractivity contribution in [3.8, 4) is 0 Å². The molecule has 92 valence electrons. The standard InChI is InChI=1S/C5H14O8P2/c1-4(2)13-3-5(6,14(7,8)9)15(10,11)12/h4,6H,3H2,1-2H3,(H2,7,8,9)(H2,10,11,12). The van der Waals surface area contributed by atoms with E-state index in [0.29, 0.717) is 0 Å². The Morgan fingerprint density at radius 1 is 1.13 bits per heavy atom. The summed E-state index contributed by atoms with van der Waals surface area (Å²) in [4.78, 5) is 34.7. The minimum Gasteiger partial charge on any atom is -0.374 e. The van der Waals surface area contributed by atoms with Gasteiger partial charge in [0.05, 0.1) is 12.7 Å². The third kappa shape index (κ3) is 3.62. The van der Waals surface area contributed by atoms with Crippen LogP contribution >= 0.6 is 15.2 Å². The third-order valence-electron chi connectivity index (χ3n) is 1.54. The fourth-order valence-corrected chi connectivity index (χ4v) is 2.46. The van der Waals surface area contributed by atoms with Gasteiger partial charge in [0, 0.05) is 0 Å². The van der Waals surface area contributed by atoms with E-state index >= 15 is 0 Å². The lowest BCUT2D eigenvalue weighted by Crippen LogP contribution is -2.35. The quantitative estimate of drug-likeness (QED) is 0.414. The Balaban J connectivity index is 5.08. The molecule has 0 heterocycles. The van der Waals surface area contributed by atoms with E-state index in [0.717, 1.165) is 0 Å². The van der Waals surface area contributed by atoms with Gasteiger partial charge in [-0.25, -0.2) is 0 Å². The molecule has 8 nitrogen and oxygen atoms in total. The summed E-state index contributed by atoms with van der Waals surface area (Å²) in [7, 11) is -10.8. The second-order valence-electron chi connectivity index (χ2n) is 3.22. The highest BCUT2D eigenvalue weighted by atomic mass is 31.2. The first-order valence-electron chi connectivity index (χ1n) is 3.87. The summed E-state index contributed by atoms with van der Waals surface area (Å²) in [5, 5.41) is 5.80. The van der Waals surface area contributed by atoms with Crippen LogP contribution in [0.3, 0.4) is 0 Å². The highest BCUT2D eigenvalue weighted by Gasteiger charge is 2.59. The molecule has 0 aliphatic carbocycles. The Morgan fingerprint density at radius 2 is 1.47 bits per heavy atom. The summed E-state index contributed by atoms with van der Waals surface area (Å²) in [6.45, 7) is 1.83. The van der Waals surface area contributed by atoms with Crippen molar-refractivity contribution < 1.29 is 38.5 Å². The highest BCUT2D eigenvalue weighted by molar-refractivity contribution is 7.72. The summed E-state index contributed by atoms with van der Waals surface area (Å²) in [6.07, 6.45) is -0.533. The molecule has 0 rings (SSSR count). The monoisotopic (exact) mass is 264 g/mol. The van der Waals surface area contributed by atoms with Crippen LogP contribution in [0.4, 0.5) is 0 Å². The van der Waals surface area contributed by atoms with Crippen LogP contribution < -0.4 is 0 Å². The topological polar surface area (TPSA) is 145 Å². The van der Waals surface area contributed by atoms with Crippen molar-refractivity contribution in [3.63, 3.8) is 0 Å². The molecule has 5 N–H and O–H groups in total. The highest BCUT2D eigenvalue weighted by Crippen LogP contribution is 2.67. The van der Waals surface area contributed by atoms with Crippen LogP contribution in [0, 0.1) is 0 Å². The minimum atomic E-state index is -5.40. The number of hydrogen-bond donors (Lipinski definition) is 5. The summed E-state index contributed by atoms with van der Waals surface area (Å²) >= 11 is 0. The lowest BCUT2D eigenvalue weighted by atomic mass is 10.5. The van der Waals surface area contributed by atoms with Crippen molar-refractivity contribution in [1.29, 1.82) is 0 Å². The van der Waals surface area contributed by atoms with Crippen molar-refractivity contribution in [2.45, 2.75) is 25.0 Å². The van der Waals surface area contributed by atoms with E-state index in [1.807, 2.05) is 0 Å². The van der Waals surface area contributed by atoms with Gasteiger partial charge in [-0.1, -0.05) is 0 Å². The largest absolute Gasteiger partial charge is 0.374 e. The molecule has 0 aromatic heterocycles. The first-order chi connectivity index (χ1) is 6.42. The maximum Gasteiger partial charge on any atom is 0.371 e. The average molecular weight is 264 g/mol. The zero-order valence-corrected chi connectivity index (χ0v) is 9.93. The molecule has 0 saturated heterocycles. The van der Waals surface area contributed by atoms with Gasteiger partial charge in [-0.2, -0.15) is 0 Å². The molecule has 0 aromatic rings. The SMILES string of the molecule is CC(C)OCC(O)(P(=O)(O)O)P(=O)(O)O. The number of hydrogen-bond acceptors (Lipinski definition) is 4. The van der Waals surface area contributed by atoms with Gasteiger partial charge < -0.3 is 29.4 Å². The molecule has 0 atom stereocenters. The smallest absolute Gasteiger partial charge is 0.371 e. The first kappa shape index (κ1) is 15.2. The first-order valence-corrected chi connectivity index (χ1v) is 7.09. The van der Waals surface area contributed by atoms with Gasteiger partial charge in [0.25, 0.3) is 5.08 Å².